The summed E-state index contributed by atoms with van der Waals surface area (Å²) in [6.45, 7) is 1.02. The molecule has 1 aromatic rings. The number of carboxylic acids is 1. The first-order valence-corrected chi connectivity index (χ1v) is 6.06. The van der Waals surface area contributed by atoms with Gasteiger partial charge in [0.15, 0.2) is 5.69 Å². The number of carboxylic acid groups (broad SMARTS) is 1. The highest BCUT2D eigenvalue weighted by Gasteiger charge is 2.19. The van der Waals surface area contributed by atoms with Crippen molar-refractivity contribution >= 4 is 37.8 Å². The summed E-state index contributed by atoms with van der Waals surface area (Å²) in [6.07, 6.45) is 0. The molecule has 0 radical (unpaired) electrons. The van der Waals surface area contributed by atoms with Gasteiger partial charge in [-0.15, -0.1) is 0 Å². The molecule has 1 rings (SSSR count). The van der Waals surface area contributed by atoms with Gasteiger partial charge < -0.3 is 9.84 Å². The van der Waals surface area contributed by atoms with Crippen LogP contribution in [0.4, 0.5) is 0 Å². The number of alkyl halides is 1. The topological polar surface area (TPSA) is 64.4 Å². The average Bonchev–Trinajstić information content (AvgIpc) is 2.52. The molecule has 1 heterocycles. The van der Waals surface area contributed by atoms with Crippen LogP contribution in [0.1, 0.15) is 16.2 Å². The number of halogens is 2. The minimum Gasteiger partial charge on any atom is -0.476 e. The minimum atomic E-state index is -1.04. The first kappa shape index (κ1) is 12.7. The van der Waals surface area contributed by atoms with Crippen LogP contribution in [0.25, 0.3) is 0 Å². The van der Waals surface area contributed by atoms with Gasteiger partial charge >= 0.3 is 5.97 Å². The lowest BCUT2D eigenvalue weighted by atomic mass is 10.4. The molecule has 0 spiro atoms. The molecule has 0 aliphatic rings. The van der Waals surface area contributed by atoms with E-state index in [2.05, 4.69) is 37.0 Å². The van der Waals surface area contributed by atoms with E-state index >= 15 is 0 Å². The molecular formula is C8H10Br2N2O3. The summed E-state index contributed by atoms with van der Waals surface area (Å²) in [5.74, 6) is -1.04. The number of carbonyl (C=O) groups is 1. The van der Waals surface area contributed by atoms with E-state index in [0.29, 0.717) is 23.0 Å². The molecule has 0 saturated heterocycles. The van der Waals surface area contributed by atoms with Crippen LogP contribution in [0.5, 0.6) is 0 Å². The third kappa shape index (κ3) is 2.79. The Hall–Kier alpha value is -0.400. The summed E-state index contributed by atoms with van der Waals surface area (Å²) in [6, 6.07) is 0. The SMILES string of the molecule is COCCn1nc(C(=O)O)c(Br)c1CBr. The number of ether oxygens (including phenoxy) is 1. The number of rotatable bonds is 5. The maximum Gasteiger partial charge on any atom is 0.357 e. The summed E-state index contributed by atoms with van der Waals surface area (Å²) >= 11 is 6.51. The fraction of sp³-hybridized carbons (Fsp3) is 0.500. The number of hydrogen-bond acceptors (Lipinski definition) is 3. The van der Waals surface area contributed by atoms with Gasteiger partial charge in [-0.05, 0) is 15.9 Å². The van der Waals surface area contributed by atoms with Crippen molar-refractivity contribution in [3.8, 4) is 0 Å². The predicted octanol–water partition coefficient (Wildman–Crippen LogP) is 1.89. The molecule has 7 heteroatoms. The summed E-state index contributed by atoms with van der Waals surface area (Å²) in [7, 11) is 1.59. The maximum absolute atomic E-state index is 10.8. The van der Waals surface area contributed by atoms with E-state index in [1.807, 2.05) is 0 Å². The largest absolute Gasteiger partial charge is 0.476 e. The number of hydrogen-bond donors (Lipinski definition) is 1. The molecule has 0 aliphatic carbocycles. The van der Waals surface area contributed by atoms with E-state index in [9.17, 15) is 4.79 Å². The van der Waals surface area contributed by atoms with Gasteiger partial charge in [0.05, 0.1) is 23.3 Å². The molecule has 15 heavy (non-hydrogen) atoms. The van der Waals surface area contributed by atoms with Crippen LogP contribution in [-0.2, 0) is 16.6 Å². The Balaban J connectivity index is 3.04. The Morgan fingerprint density at radius 2 is 2.33 bits per heavy atom. The van der Waals surface area contributed by atoms with Crippen molar-refractivity contribution in [1.82, 2.24) is 9.78 Å². The molecule has 1 N–H and O–H groups in total. The Kier molecular flexibility index (Phi) is 4.75. The average molecular weight is 342 g/mol. The van der Waals surface area contributed by atoms with Crippen LogP contribution in [0.15, 0.2) is 4.47 Å². The summed E-state index contributed by atoms with van der Waals surface area (Å²) < 4.78 is 7.05. The van der Waals surface area contributed by atoms with Crippen molar-refractivity contribution in [2.24, 2.45) is 0 Å². The molecule has 0 unspecified atom stereocenters. The van der Waals surface area contributed by atoms with Crippen LogP contribution < -0.4 is 0 Å². The second-order valence-corrected chi connectivity index (χ2v) is 4.12. The molecule has 0 aromatic carbocycles. The Morgan fingerprint density at radius 3 is 2.80 bits per heavy atom. The number of methoxy groups -OCH3 is 1. The van der Waals surface area contributed by atoms with E-state index in [1.54, 1.807) is 11.8 Å². The van der Waals surface area contributed by atoms with Gasteiger partial charge in [0.25, 0.3) is 0 Å². The molecule has 0 saturated carbocycles. The highest BCUT2D eigenvalue weighted by atomic mass is 79.9. The zero-order valence-electron chi connectivity index (χ0n) is 8.04. The number of nitrogens with zero attached hydrogens (tertiary/aromatic N) is 2. The van der Waals surface area contributed by atoms with Crippen molar-refractivity contribution in [1.29, 1.82) is 0 Å². The van der Waals surface area contributed by atoms with Crippen molar-refractivity contribution in [3.63, 3.8) is 0 Å². The van der Waals surface area contributed by atoms with Crippen LogP contribution in [0.2, 0.25) is 0 Å². The van der Waals surface area contributed by atoms with Crippen LogP contribution >= 0.6 is 31.9 Å². The second kappa shape index (κ2) is 5.62. The molecule has 84 valence electrons. The molecule has 0 atom stereocenters. The normalized spacial score (nSPS) is 10.6. The molecule has 1 aromatic heterocycles. The molecule has 0 amide bonds. The van der Waals surface area contributed by atoms with Gasteiger partial charge in [0, 0.05) is 12.4 Å². The number of aromatic carboxylic acids is 1. The lowest BCUT2D eigenvalue weighted by molar-refractivity contribution is 0.0688. The fourth-order valence-corrected chi connectivity index (χ4v) is 2.64. The highest BCUT2D eigenvalue weighted by Crippen LogP contribution is 2.23. The fourth-order valence-electron chi connectivity index (χ4n) is 1.10. The maximum atomic E-state index is 10.8. The lowest BCUT2D eigenvalue weighted by Crippen LogP contribution is -2.09. The van der Waals surface area contributed by atoms with E-state index in [1.165, 1.54) is 0 Å². The van der Waals surface area contributed by atoms with Gasteiger partial charge in [-0.3, -0.25) is 4.68 Å². The third-order valence-electron chi connectivity index (χ3n) is 1.83. The van der Waals surface area contributed by atoms with Crippen molar-refractivity contribution in [2.45, 2.75) is 11.9 Å². The van der Waals surface area contributed by atoms with E-state index in [-0.39, 0.29) is 5.69 Å². The zero-order valence-corrected chi connectivity index (χ0v) is 11.2. The lowest BCUT2D eigenvalue weighted by Gasteiger charge is -2.03. The van der Waals surface area contributed by atoms with Crippen LogP contribution in [0, 0.1) is 0 Å². The third-order valence-corrected chi connectivity index (χ3v) is 3.19. The second-order valence-electron chi connectivity index (χ2n) is 2.76. The summed E-state index contributed by atoms with van der Waals surface area (Å²) in [4.78, 5) is 10.8. The predicted molar refractivity (Wildman–Crippen MR) is 61.4 cm³/mol. The first-order valence-electron chi connectivity index (χ1n) is 4.15. The summed E-state index contributed by atoms with van der Waals surface area (Å²) in [5, 5.41) is 13.4. The van der Waals surface area contributed by atoms with E-state index < -0.39 is 5.97 Å². The van der Waals surface area contributed by atoms with Gasteiger partial charge in [-0.1, -0.05) is 15.9 Å². The van der Waals surface area contributed by atoms with Crippen molar-refractivity contribution in [2.75, 3.05) is 13.7 Å². The van der Waals surface area contributed by atoms with Gasteiger partial charge in [-0.25, -0.2) is 4.79 Å². The molecule has 5 nitrogen and oxygen atoms in total. The quantitative estimate of drug-likeness (QED) is 0.830. The van der Waals surface area contributed by atoms with Gasteiger partial charge in [-0.2, -0.15) is 5.10 Å². The molecule has 0 fully saturated rings. The highest BCUT2D eigenvalue weighted by molar-refractivity contribution is 9.10. The Bertz CT molecular complexity index is 365. The zero-order chi connectivity index (χ0) is 11.4. The van der Waals surface area contributed by atoms with Gasteiger partial charge in [0.1, 0.15) is 0 Å². The van der Waals surface area contributed by atoms with Crippen LogP contribution in [0.3, 0.4) is 0 Å². The monoisotopic (exact) mass is 340 g/mol. The molecular weight excluding hydrogens is 332 g/mol. The Morgan fingerprint density at radius 1 is 1.67 bits per heavy atom. The van der Waals surface area contributed by atoms with Crippen molar-refractivity contribution < 1.29 is 14.6 Å². The van der Waals surface area contributed by atoms with Crippen molar-refractivity contribution in [3.05, 3.63) is 15.9 Å². The van der Waals surface area contributed by atoms with Crippen LogP contribution in [-0.4, -0.2) is 34.6 Å². The van der Waals surface area contributed by atoms with E-state index in [0.717, 1.165) is 5.69 Å². The minimum absolute atomic E-state index is 0.0283. The number of aromatic nitrogens is 2. The standard InChI is InChI=1S/C8H10Br2N2O3/c1-15-3-2-12-5(4-9)6(10)7(11-12)8(13)14/h2-4H2,1H3,(H,13,14). The first-order chi connectivity index (χ1) is 7.11. The molecule has 0 bridgehead atoms. The smallest absolute Gasteiger partial charge is 0.357 e. The summed E-state index contributed by atoms with van der Waals surface area (Å²) in [5.41, 5.74) is 0.824. The van der Waals surface area contributed by atoms with E-state index in [4.69, 9.17) is 9.84 Å². The molecule has 0 aliphatic heterocycles. The van der Waals surface area contributed by atoms with Gasteiger partial charge in [0.2, 0.25) is 0 Å². The Labute approximate surface area is 104 Å².